The highest BCUT2D eigenvalue weighted by Crippen LogP contribution is 2.22. The van der Waals surface area contributed by atoms with Gasteiger partial charge in [0.1, 0.15) is 0 Å². The predicted octanol–water partition coefficient (Wildman–Crippen LogP) is 2.74. The molecule has 3 nitrogen and oxygen atoms in total. The molecule has 1 heterocycles. The molecule has 0 bridgehead atoms. The van der Waals surface area contributed by atoms with Gasteiger partial charge in [0.25, 0.3) is 0 Å². The van der Waals surface area contributed by atoms with Crippen LogP contribution in [-0.2, 0) is 16.1 Å². The van der Waals surface area contributed by atoms with Crippen molar-refractivity contribution in [3.63, 3.8) is 0 Å². The third-order valence-electron chi connectivity index (χ3n) is 3.39. The zero-order chi connectivity index (χ0) is 13.0. The van der Waals surface area contributed by atoms with E-state index in [1.165, 1.54) is 0 Å². The normalized spacial score (nSPS) is 23.7. The van der Waals surface area contributed by atoms with E-state index >= 15 is 0 Å². The zero-order valence-corrected chi connectivity index (χ0v) is 12.1. The predicted molar refractivity (Wildman–Crippen MR) is 74.1 cm³/mol. The smallest absolute Gasteiger partial charge is 0.223 e. The molecule has 1 fully saturated rings. The van der Waals surface area contributed by atoms with Gasteiger partial charge >= 0.3 is 0 Å². The van der Waals surface area contributed by atoms with Gasteiger partial charge in [-0.15, -0.1) is 0 Å². The first-order valence-corrected chi connectivity index (χ1v) is 7.06. The Bertz CT molecular complexity index is 422. The van der Waals surface area contributed by atoms with Crippen LogP contribution in [0.25, 0.3) is 0 Å². The van der Waals surface area contributed by atoms with Gasteiger partial charge in [-0.1, -0.05) is 41.1 Å². The fourth-order valence-electron chi connectivity index (χ4n) is 2.22. The molecule has 1 aromatic carbocycles. The zero-order valence-electron chi connectivity index (χ0n) is 10.5. The molecule has 0 aliphatic carbocycles. The number of hydrogen-bond acceptors (Lipinski definition) is 2. The molecule has 18 heavy (non-hydrogen) atoms. The molecule has 2 unspecified atom stereocenters. The Labute approximate surface area is 116 Å². The van der Waals surface area contributed by atoms with Gasteiger partial charge in [-0.2, -0.15) is 0 Å². The molecule has 2 atom stereocenters. The summed E-state index contributed by atoms with van der Waals surface area (Å²) in [4.78, 5) is 12.1. The molecule has 2 rings (SSSR count). The van der Waals surface area contributed by atoms with Crippen LogP contribution in [0.5, 0.6) is 0 Å². The first kappa shape index (κ1) is 13.6. The Balaban J connectivity index is 1.90. The summed E-state index contributed by atoms with van der Waals surface area (Å²) in [7, 11) is 0. The molecule has 0 aromatic heterocycles. The second kappa shape index (κ2) is 6.34. The lowest BCUT2D eigenvalue weighted by Crippen LogP contribution is -2.38. The maximum atomic E-state index is 12.1. The average Bonchev–Trinajstić information content (AvgIpc) is 2.38. The number of amides is 1. The van der Waals surface area contributed by atoms with Crippen molar-refractivity contribution in [2.45, 2.75) is 19.9 Å². The molecule has 0 radical (unpaired) electrons. The summed E-state index contributed by atoms with van der Waals surface area (Å²) in [5.74, 6) is 0.528. The average molecular weight is 312 g/mol. The minimum atomic E-state index is 0.0845. The largest absolute Gasteiger partial charge is 0.381 e. The molecule has 98 valence electrons. The topological polar surface area (TPSA) is 38.3 Å². The minimum absolute atomic E-state index is 0.0845. The number of hydrogen-bond donors (Lipinski definition) is 1. The van der Waals surface area contributed by atoms with Crippen molar-refractivity contribution in [1.82, 2.24) is 5.32 Å². The lowest BCUT2D eigenvalue weighted by molar-refractivity contribution is -0.130. The van der Waals surface area contributed by atoms with Crippen LogP contribution in [0.4, 0.5) is 0 Å². The number of halogens is 1. The van der Waals surface area contributed by atoms with Crippen LogP contribution in [0.1, 0.15) is 18.9 Å². The van der Waals surface area contributed by atoms with Crippen LogP contribution in [0.3, 0.4) is 0 Å². The molecule has 1 N–H and O–H groups in total. The van der Waals surface area contributed by atoms with Gasteiger partial charge in [0, 0.05) is 30.1 Å². The van der Waals surface area contributed by atoms with E-state index in [1.807, 2.05) is 24.3 Å². The van der Waals surface area contributed by atoms with Gasteiger partial charge < -0.3 is 10.1 Å². The number of carbonyl (C=O) groups excluding carboxylic acids is 1. The fraction of sp³-hybridized carbons (Fsp3) is 0.500. The van der Waals surface area contributed by atoms with Crippen LogP contribution in [0.15, 0.2) is 28.7 Å². The lowest BCUT2D eigenvalue weighted by Gasteiger charge is -2.27. The number of nitrogens with one attached hydrogen (secondary N) is 1. The molecule has 0 spiro atoms. The van der Waals surface area contributed by atoms with Crippen LogP contribution >= 0.6 is 15.9 Å². The first-order chi connectivity index (χ1) is 8.68. The van der Waals surface area contributed by atoms with Crippen LogP contribution in [0.2, 0.25) is 0 Å². The van der Waals surface area contributed by atoms with Gasteiger partial charge in [-0.3, -0.25) is 4.79 Å². The SMILES string of the molecule is CC1COCCC1C(=O)NCc1ccccc1Br. The molecular formula is C14H18BrNO2. The summed E-state index contributed by atoms with van der Waals surface area (Å²) in [6, 6.07) is 7.94. The van der Waals surface area contributed by atoms with Crippen LogP contribution in [-0.4, -0.2) is 19.1 Å². The van der Waals surface area contributed by atoms with E-state index in [2.05, 4.69) is 28.2 Å². The highest BCUT2D eigenvalue weighted by molar-refractivity contribution is 9.10. The maximum Gasteiger partial charge on any atom is 0.223 e. The molecule has 4 heteroatoms. The molecule has 0 saturated carbocycles. The van der Waals surface area contributed by atoms with Crippen LogP contribution < -0.4 is 5.32 Å². The van der Waals surface area contributed by atoms with Crippen molar-refractivity contribution in [2.75, 3.05) is 13.2 Å². The van der Waals surface area contributed by atoms with Crippen molar-refractivity contribution in [3.8, 4) is 0 Å². The Morgan fingerprint density at radius 1 is 1.50 bits per heavy atom. The highest BCUT2D eigenvalue weighted by Gasteiger charge is 2.28. The molecule has 1 saturated heterocycles. The Kier molecular flexibility index (Phi) is 4.78. The van der Waals surface area contributed by atoms with E-state index in [1.54, 1.807) is 0 Å². The van der Waals surface area contributed by atoms with E-state index in [9.17, 15) is 4.79 Å². The van der Waals surface area contributed by atoms with Crippen molar-refractivity contribution in [2.24, 2.45) is 11.8 Å². The fourth-order valence-corrected chi connectivity index (χ4v) is 2.65. The third-order valence-corrected chi connectivity index (χ3v) is 4.16. The summed E-state index contributed by atoms with van der Waals surface area (Å²) >= 11 is 3.48. The molecule has 1 aliphatic rings. The quantitative estimate of drug-likeness (QED) is 0.932. The van der Waals surface area contributed by atoms with Crippen molar-refractivity contribution in [1.29, 1.82) is 0 Å². The summed E-state index contributed by atoms with van der Waals surface area (Å²) in [5.41, 5.74) is 1.10. The third kappa shape index (κ3) is 3.33. The van der Waals surface area contributed by atoms with Gasteiger partial charge in [-0.05, 0) is 24.0 Å². The van der Waals surface area contributed by atoms with Gasteiger partial charge in [0.05, 0.1) is 0 Å². The lowest BCUT2D eigenvalue weighted by atomic mass is 9.89. The monoisotopic (exact) mass is 311 g/mol. The van der Waals surface area contributed by atoms with Crippen molar-refractivity contribution in [3.05, 3.63) is 34.3 Å². The summed E-state index contributed by atoms with van der Waals surface area (Å²) in [5, 5.41) is 3.02. The van der Waals surface area contributed by atoms with Crippen LogP contribution in [0, 0.1) is 11.8 Å². The molecule has 1 aromatic rings. The van der Waals surface area contributed by atoms with E-state index in [0.29, 0.717) is 25.7 Å². The molecular weight excluding hydrogens is 294 g/mol. The summed E-state index contributed by atoms with van der Waals surface area (Å²) in [6.07, 6.45) is 0.822. The van der Waals surface area contributed by atoms with Gasteiger partial charge in [0.2, 0.25) is 5.91 Å². The first-order valence-electron chi connectivity index (χ1n) is 6.27. The molecule has 1 aliphatic heterocycles. The Morgan fingerprint density at radius 2 is 2.28 bits per heavy atom. The standard InChI is InChI=1S/C14H18BrNO2/c1-10-9-18-7-6-12(10)14(17)16-8-11-4-2-3-5-13(11)15/h2-5,10,12H,6-9H2,1H3,(H,16,17). The molecule has 1 amide bonds. The number of ether oxygens (including phenoxy) is 1. The van der Waals surface area contributed by atoms with E-state index in [4.69, 9.17) is 4.74 Å². The van der Waals surface area contributed by atoms with E-state index in [-0.39, 0.29) is 11.8 Å². The van der Waals surface area contributed by atoms with Crippen molar-refractivity contribution >= 4 is 21.8 Å². The maximum absolute atomic E-state index is 12.1. The number of benzene rings is 1. The van der Waals surface area contributed by atoms with E-state index in [0.717, 1.165) is 16.5 Å². The van der Waals surface area contributed by atoms with Gasteiger partial charge in [0.15, 0.2) is 0 Å². The summed E-state index contributed by atoms with van der Waals surface area (Å²) in [6.45, 7) is 4.02. The van der Waals surface area contributed by atoms with E-state index < -0.39 is 0 Å². The number of rotatable bonds is 3. The van der Waals surface area contributed by atoms with Crippen molar-refractivity contribution < 1.29 is 9.53 Å². The minimum Gasteiger partial charge on any atom is -0.381 e. The summed E-state index contributed by atoms with van der Waals surface area (Å²) < 4.78 is 6.39. The Hall–Kier alpha value is -0.870. The van der Waals surface area contributed by atoms with Gasteiger partial charge in [-0.25, -0.2) is 0 Å². The second-order valence-corrected chi connectivity index (χ2v) is 5.61. The Morgan fingerprint density at radius 3 is 3.00 bits per heavy atom. The highest BCUT2D eigenvalue weighted by atomic mass is 79.9. The second-order valence-electron chi connectivity index (χ2n) is 4.76. The number of carbonyl (C=O) groups is 1.